The van der Waals surface area contributed by atoms with Gasteiger partial charge in [0.15, 0.2) is 0 Å². The third kappa shape index (κ3) is 1.73. The van der Waals surface area contributed by atoms with Crippen LogP contribution in [0.3, 0.4) is 0 Å². The Morgan fingerprint density at radius 1 is 1.42 bits per heavy atom. The molecule has 0 spiro atoms. The molecule has 0 heterocycles. The first kappa shape index (κ1) is 9.42. The smallest absolute Gasteiger partial charge is 0.309 e. The van der Waals surface area contributed by atoms with Crippen LogP contribution < -0.4 is 0 Å². The van der Waals surface area contributed by atoms with Crippen LogP contribution in [0.1, 0.15) is 32.6 Å². The third-order valence-electron chi connectivity index (χ3n) is 2.44. The Kier molecular flexibility index (Phi) is 2.10. The van der Waals surface area contributed by atoms with Crippen LogP contribution in [-0.2, 0) is 4.79 Å². The molecule has 1 aliphatic carbocycles. The first-order valence-corrected chi connectivity index (χ1v) is 3.97. The molecule has 1 unspecified atom stereocenters. The van der Waals surface area contributed by atoms with E-state index in [-0.39, 0.29) is 6.42 Å². The van der Waals surface area contributed by atoms with Crippen molar-refractivity contribution in [3.05, 3.63) is 0 Å². The number of carbonyl (C=O) groups is 1. The van der Waals surface area contributed by atoms with Crippen LogP contribution in [0.15, 0.2) is 0 Å². The van der Waals surface area contributed by atoms with Crippen LogP contribution in [0.4, 0.5) is 8.78 Å². The van der Waals surface area contributed by atoms with Gasteiger partial charge in [-0.3, -0.25) is 4.79 Å². The van der Waals surface area contributed by atoms with Crippen molar-refractivity contribution < 1.29 is 18.7 Å². The summed E-state index contributed by atoms with van der Waals surface area (Å²) in [7, 11) is 0. The van der Waals surface area contributed by atoms with Crippen LogP contribution in [0.2, 0.25) is 0 Å². The molecule has 4 heteroatoms. The largest absolute Gasteiger partial charge is 0.481 e. The summed E-state index contributed by atoms with van der Waals surface area (Å²) in [6, 6.07) is 0. The molecule has 0 radical (unpaired) electrons. The Morgan fingerprint density at radius 3 is 2.33 bits per heavy atom. The van der Waals surface area contributed by atoms with E-state index >= 15 is 0 Å². The summed E-state index contributed by atoms with van der Waals surface area (Å²) in [5.74, 6) is -3.90. The molecule has 12 heavy (non-hydrogen) atoms. The van der Waals surface area contributed by atoms with Crippen molar-refractivity contribution in [1.29, 1.82) is 0 Å². The van der Waals surface area contributed by atoms with E-state index in [2.05, 4.69) is 0 Å². The van der Waals surface area contributed by atoms with Crippen molar-refractivity contribution in [3.63, 3.8) is 0 Å². The fourth-order valence-electron chi connectivity index (χ4n) is 1.67. The van der Waals surface area contributed by atoms with Crippen LogP contribution in [0.5, 0.6) is 0 Å². The molecular formula is C8H12F2O2. The molecule has 1 aliphatic rings. The zero-order valence-corrected chi connectivity index (χ0v) is 6.94. The minimum atomic E-state index is -2.79. The lowest BCUT2D eigenvalue weighted by atomic mass is 9.74. The summed E-state index contributed by atoms with van der Waals surface area (Å²) in [6.07, 6.45) is -0.0288. The molecule has 0 amide bonds. The first-order chi connectivity index (χ1) is 5.36. The molecule has 0 aromatic carbocycles. The van der Waals surface area contributed by atoms with Gasteiger partial charge in [-0.05, 0) is 19.8 Å². The predicted octanol–water partition coefficient (Wildman–Crippen LogP) is 2.29. The summed E-state index contributed by atoms with van der Waals surface area (Å²) in [6.45, 7) is 1.39. The molecular weight excluding hydrogens is 166 g/mol. The summed E-state index contributed by atoms with van der Waals surface area (Å²) >= 11 is 0. The molecule has 0 aliphatic heterocycles. The fourth-order valence-corrected chi connectivity index (χ4v) is 1.67. The van der Waals surface area contributed by atoms with E-state index in [0.29, 0.717) is 12.8 Å². The molecule has 1 rings (SSSR count). The summed E-state index contributed by atoms with van der Waals surface area (Å²) in [5.41, 5.74) is -1.22. The number of halogens is 2. The SMILES string of the molecule is CC1(C(=O)O)CCCC(F)(F)C1. The maximum absolute atomic E-state index is 12.8. The molecule has 2 nitrogen and oxygen atoms in total. The van der Waals surface area contributed by atoms with E-state index in [1.165, 1.54) is 6.92 Å². The standard InChI is InChI=1S/C8H12F2O2/c1-7(6(11)12)3-2-4-8(9,10)5-7/h2-5H2,1H3,(H,11,12). The van der Waals surface area contributed by atoms with Crippen LogP contribution in [0, 0.1) is 5.41 Å². The molecule has 0 aromatic rings. The second kappa shape index (κ2) is 2.68. The van der Waals surface area contributed by atoms with Gasteiger partial charge in [-0.1, -0.05) is 0 Å². The van der Waals surface area contributed by atoms with Crippen molar-refractivity contribution in [1.82, 2.24) is 0 Å². The van der Waals surface area contributed by atoms with Gasteiger partial charge in [-0.15, -0.1) is 0 Å². The lowest BCUT2D eigenvalue weighted by Crippen LogP contribution is -2.38. The number of hydrogen-bond acceptors (Lipinski definition) is 1. The first-order valence-electron chi connectivity index (χ1n) is 3.97. The van der Waals surface area contributed by atoms with Gasteiger partial charge in [0.2, 0.25) is 5.92 Å². The summed E-state index contributed by atoms with van der Waals surface area (Å²) < 4.78 is 25.6. The lowest BCUT2D eigenvalue weighted by Gasteiger charge is -2.34. The Bertz CT molecular complexity index is 203. The average molecular weight is 178 g/mol. The minimum Gasteiger partial charge on any atom is -0.481 e. The zero-order chi connectivity index (χ0) is 9.41. The maximum Gasteiger partial charge on any atom is 0.309 e. The minimum absolute atomic E-state index is 0.171. The highest BCUT2D eigenvalue weighted by atomic mass is 19.3. The number of alkyl halides is 2. The highest BCUT2D eigenvalue weighted by Crippen LogP contribution is 2.44. The maximum atomic E-state index is 12.8. The van der Waals surface area contributed by atoms with Gasteiger partial charge in [0.05, 0.1) is 5.41 Å². The zero-order valence-electron chi connectivity index (χ0n) is 6.94. The van der Waals surface area contributed by atoms with Gasteiger partial charge in [-0.25, -0.2) is 8.78 Å². The highest BCUT2D eigenvalue weighted by Gasteiger charge is 2.47. The van der Waals surface area contributed by atoms with Crippen molar-refractivity contribution in [2.75, 3.05) is 0 Å². The van der Waals surface area contributed by atoms with E-state index in [0.717, 1.165) is 0 Å². The molecule has 0 aromatic heterocycles. The van der Waals surface area contributed by atoms with E-state index in [1.807, 2.05) is 0 Å². The number of carboxylic acid groups (broad SMARTS) is 1. The number of carboxylic acids is 1. The van der Waals surface area contributed by atoms with E-state index < -0.39 is 23.7 Å². The van der Waals surface area contributed by atoms with Crippen molar-refractivity contribution in [2.24, 2.45) is 5.41 Å². The number of hydrogen-bond donors (Lipinski definition) is 1. The van der Waals surface area contributed by atoms with Gasteiger partial charge < -0.3 is 5.11 Å². The molecule has 1 N–H and O–H groups in total. The molecule has 0 saturated heterocycles. The average Bonchev–Trinajstić information content (AvgIpc) is 1.83. The number of aliphatic carboxylic acids is 1. The van der Waals surface area contributed by atoms with E-state index in [1.54, 1.807) is 0 Å². The van der Waals surface area contributed by atoms with Gasteiger partial charge in [0.25, 0.3) is 0 Å². The second-order valence-corrected chi connectivity index (χ2v) is 3.75. The quantitative estimate of drug-likeness (QED) is 0.668. The van der Waals surface area contributed by atoms with Gasteiger partial charge in [-0.2, -0.15) is 0 Å². The number of rotatable bonds is 1. The molecule has 1 saturated carbocycles. The Labute approximate surface area is 69.6 Å². The van der Waals surface area contributed by atoms with Gasteiger partial charge in [0.1, 0.15) is 0 Å². The summed E-state index contributed by atoms with van der Waals surface area (Å²) in [4.78, 5) is 10.6. The van der Waals surface area contributed by atoms with Crippen molar-refractivity contribution in [3.8, 4) is 0 Å². The normalized spacial score (nSPS) is 34.6. The molecule has 1 atom stereocenters. The van der Waals surface area contributed by atoms with Crippen molar-refractivity contribution >= 4 is 5.97 Å². The van der Waals surface area contributed by atoms with Crippen LogP contribution in [0.25, 0.3) is 0 Å². The summed E-state index contributed by atoms with van der Waals surface area (Å²) in [5, 5.41) is 8.70. The van der Waals surface area contributed by atoms with Gasteiger partial charge in [0, 0.05) is 12.8 Å². The van der Waals surface area contributed by atoms with Crippen molar-refractivity contribution in [2.45, 2.75) is 38.5 Å². The molecule has 70 valence electrons. The monoisotopic (exact) mass is 178 g/mol. The Morgan fingerprint density at radius 2 is 2.00 bits per heavy atom. The van der Waals surface area contributed by atoms with Gasteiger partial charge >= 0.3 is 5.97 Å². The molecule has 1 fully saturated rings. The van der Waals surface area contributed by atoms with Crippen LogP contribution in [-0.4, -0.2) is 17.0 Å². The second-order valence-electron chi connectivity index (χ2n) is 3.75. The fraction of sp³-hybridized carbons (Fsp3) is 0.875. The van der Waals surface area contributed by atoms with E-state index in [4.69, 9.17) is 5.11 Å². The molecule has 0 bridgehead atoms. The Hall–Kier alpha value is -0.670. The lowest BCUT2D eigenvalue weighted by molar-refractivity contribution is -0.160. The van der Waals surface area contributed by atoms with Crippen LogP contribution >= 0.6 is 0 Å². The third-order valence-corrected chi connectivity index (χ3v) is 2.44. The van der Waals surface area contributed by atoms with E-state index in [9.17, 15) is 13.6 Å². The predicted molar refractivity (Wildman–Crippen MR) is 39.2 cm³/mol. The topological polar surface area (TPSA) is 37.3 Å². The highest BCUT2D eigenvalue weighted by molar-refractivity contribution is 5.74. The Balaban J connectivity index is 2.74.